The molecule has 0 aliphatic carbocycles. The van der Waals surface area contributed by atoms with Crippen LogP contribution in [0.5, 0.6) is 0 Å². The maximum atomic E-state index is 12.0. The van der Waals surface area contributed by atoms with Gasteiger partial charge in [0.2, 0.25) is 0 Å². The van der Waals surface area contributed by atoms with Gasteiger partial charge >= 0.3 is 0 Å². The number of pyridine rings is 1. The number of rotatable bonds is 2. The number of nitrogens with zero attached hydrogens (tertiary/aromatic N) is 1. The molecule has 0 aliphatic heterocycles. The number of aryl methyl sites for hydroxylation is 1. The number of hydrogen-bond donors (Lipinski definition) is 2. The molecule has 2 aromatic rings. The lowest BCUT2D eigenvalue weighted by molar-refractivity contribution is 0.102. The summed E-state index contributed by atoms with van der Waals surface area (Å²) in [6.07, 6.45) is 1.56. The summed E-state index contributed by atoms with van der Waals surface area (Å²) in [5.41, 5.74) is 8.15. The van der Waals surface area contributed by atoms with E-state index in [2.05, 4.69) is 10.3 Å². The van der Waals surface area contributed by atoms with Crippen LogP contribution < -0.4 is 11.1 Å². The first-order valence-corrected chi connectivity index (χ1v) is 5.73. The Kier molecular flexibility index (Phi) is 3.48. The fourth-order valence-electron chi connectivity index (χ4n) is 1.62. The highest BCUT2D eigenvalue weighted by atomic mass is 35.5. The number of aromatic nitrogens is 1. The molecule has 0 aliphatic rings. The molecular weight excluding hydrogens is 250 g/mol. The van der Waals surface area contributed by atoms with Crippen molar-refractivity contribution < 1.29 is 4.79 Å². The summed E-state index contributed by atoms with van der Waals surface area (Å²) in [4.78, 5) is 15.9. The summed E-state index contributed by atoms with van der Waals surface area (Å²) >= 11 is 5.87. The summed E-state index contributed by atoms with van der Waals surface area (Å²) < 4.78 is 0. The first-order chi connectivity index (χ1) is 8.56. The summed E-state index contributed by atoms with van der Waals surface area (Å²) in [5, 5.41) is 2.95. The molecule has 0 spiro atoms. The second-order valence-corrected chi connectivity index (χ2v) is 4.29. The van der Waals surface area contributed by atoms with Crippen LogP contribution in [0.3, 0.4) is 0 Å². The summed E-state index contributed by atoms with van der Waals surface area (Å²) in [6, 6.07) is 8.56. The van der Waals surface area contributed by atoms with Gasteiger partial charge in [-0.15, -0.1) is 0 Å². The molecule has 0 unspecified atom stereocenters. The van der Waals surface area contributed by atoms with Gasteiger partial charge in [0.25, 0.3) is 5.91 Å². The number of carbonyl (C=O) groups excluding carboxylic acids is 1. The number of halogens is 1. The number of carbonyl (C=O) groups is 1. The third kappa shape index (κ3) is 2.78. The molecule has 3 N–H and O–H groups in total. The normalized spacial score (nSPS) is 10.1. The molecule has 5 heteroatoms. The van der Waals surface area contributed by atoms with Crippen LogP contribution in [0, 0.1) is 6.92 Å². The molecule has 0 fully saturated rings. The lowest BCUT2D eigenvalue weighted by Gasteiger charge is -2.07. The first-order valence-electron chi connectivity index (χ1n) is 5.35. The monoisotopic (exact) mass is 261 g/mol. The lowest BCUT2D eigenvalue weighted by Crippen LogP contribution is -2.13. The van der Waals surface area contributed by atoms with E-state index in [0.717, 1.165) is 5.56 Å². The zero-order valence-electron chi connectivity index (χ0n) is 9.77. The van der Waals surface area contributed by atoms with E-state index in [4.69, 9.17) is 17.3 Å². The van der Waals surface area contributed by atoms with Gasteiger partial charge in [0.15, 0.2) is 5.15 Å². The van der Waals surface area contributed by atoms with Gasteiger partial charge in [-0.05, 0) is 42.8 Å². The molecule has 1 heterocycles. The quantitative estimate of drug-likeness (QED) is 0.645. The van der Waals surface area contributed by atoms with Gasteiger partial charge in [-0.1, -0.05) is 11.6 Å². The Bertz CT molecular complexity index is 578. The average molecular weight is 262 g/mol. The van der Waals surface area contributed by atoms with Crippen molar-refractivity contribution in [2.24, 2.45) is 0 Å². The predicted molar refractivity (Wildman–Crippen MR) is 72.8 cm³/mol. The number of benzene rings is 1. The molecule has 0 atom stereocenters. The van der Waals surface area contributed by atoms with E-state index in [9.17, 15) is 4.79 Å². The van der Waals surface area contributed by atoms with Gasteiger partial charge < -0.3 is 11.1 Å². The van der Waals surface area contributed by atoms with E-state index in [1.807, 2.05) is 6.92 Å². The van der Waals surface area contributed by atoms with Gasteiger partial charge in [-0.25, -0.2) is 4.98 Å². The summed E-state index contributed by atoms with van der Waals surface area (Å²) in [5.74, 6) is -0.264. The van der Waals surface area contributed by atoms with Crippen LogP contribution in [0.25, 0.3) is 0 Å². The fraction of sp³-hybridized carbons (Fsp3) is 0.0769. The van der Waals surface area contributed by atoms with Gasteiger partial charge in [0.05, 0.1) is 5.69 Å². The summed E-state index contributed by atoms with van der Waals surface area (Å²) in [7, 11) is 0. The van der Waals surface area contributed by atoms with Crippen molar-refractivity contribution in [3.63, 3.8) is 0 Å². The second-order valence-electron chi connectivity index (χ2n) is 3.93. The largest absolute Gasteiger partial charge is 0.399 e. The Labute approximate surface area is 110 Å². The van der Waals surface area contributed by atoms with Gasteiger partial charge in [0, 0.05) is 17.4 Å². The third-order valence-electron chi connectivity index (χ3n) is 2.37. The van der Waals surface area contributed by atoms with Crippen LogP contribution >= 0.6 is 11.6 Å². The Hall–Kier alpha value is -2.07. The Morgan fingerprint density at radius 3 is 2.83 bits per heavy atom. The standard InChI is InChI=1S/C13H12ClN3O/c1-8-5-9(7-10(15)6-8)13(18)17-11-3-2-4-16-12(11)14/h2-7H,15H2,1H3,(H,17,18). The first kappa shape index (κ1) is 12.4. The van der Waals surface area contributed by atoms with E-state index in [0.29, 0.717) is 16.9 Å². The molecule has 2 rings (SSSR count). The number of nitrogens with one attached hydrogen (secondary N) is 1. The second kappa shape index (κ2) is 5.06. The molecule has 1 amide bonds. The fourth-order valence-corrected chi connectivity index (χ4v) is 1.78. The molecule has 0 saturated heterocycles. The van der Waals surface area contributed by atoms with Crippen LogP contribution in [0.1, 0.15) is 15.9 Å². The van der Waals surface area contributed by atoms with Crippen LogP contribution in [-0.2, 0) is 0 Å². The number of anilines is 2. The molecule has 0 saturated carbocycles. The molecule has 0 radical (unpaired) electrons. The topological polar surface area (TPSA) is 68.0 Å². The highest BCUT2D eigenvalue weighted by molar-refractivity contribution is 6.32. The molecule has 1 aromatic carbocycles. The summed E-state index contributed by atoms with van der Waals surface area (Å²) in [6.45, 7) is 1.88. The van der Waals surface area contributed by atoms with E-state index >= 15 is 0 Å². The van der Waals surface area contributed by atoms with Crippen LogP contribution in [0.15, 0.2) is 36.5 Å². The van der Waals surface area contributed by atoms with Crippen molar-refractivity contribution in [3.8, 4) is 0 Å². The zero-order chi connectivity index (χ0) is 13.1. The van der Waals surface area contributed by atoms with Crippen molar-refractivity contribution in [3.05, 3.63) is 52.8 Å². The van der Waals surface area contributed by atoms with E-state index in [-0.39, 0.29) is 11.1 Å². The van der Waals surface area contributed by atoms with Crippen molar-refractivity contribution >= 4 is 28.9 Å². The number of nitrogens with two attached hydrogens (primary N) is 1. The molecule has 0 bridgehead atoms. The highest BCUT2D eigenvalue weighted by Crippen LogP contribution is 2.19. The van der Waals surface area contributed by atoms with E-state index in [1.165, 1.54) is 0 Å². The smallest absolute Gasteiger partial charge is 0.255 e. The van der Waals surface area contributed by atoms with Crippen LogP contribution in [-0.4, -0.2) is 10.9 Å². The van der Waals surface area contributed by atoms with Crippen molar-refractivity contribution in [1.82, 2.24) is 4.98 Å². The van der Waals surface area contributed by atoms with E-state index in [1.54, 1.807) is 36.5 Å². The maximum Gasteiger partial charge on any atom is 0.255 e. The Morgan fingerprint density at radius 1 is 1.39 bits per heavy atom. The minimum absolute atomic E-state index is 0.256. The minimum Gasteiger partial charge on any atom is -0.399 e. The van der Waals surface area contributed by atoms with Crippen molar-refractivity contribution in [2.75, 3.05) is 11.1 Å². The van der Waals surface area contributed by atoms with Crippen LogP contribution in [0.2, 0.25) is 5.15 Å². The number of hydrogen-bond acceptors (Lipinski definition) is 3. The molecule has 18 heavy (non-hydrogen) atoms. The minimum atomic E-state index is -0.264. The van der Waals surface area contributed by atoms with Gasteiger partial charge in [-0.2, -0.15) is 0 Å². The SMILES string of the molecule is Cc1cc(N)cc(C(=O)Nc2cccnc2Cl)c1. The van der Waals surface area contributed by atoms with Gasteiger partial charge in [-0.3, -0.25) is 4.79 Å². The highest BCUT2D eigenvalue weighted by Gasteiger charge is 2.09. The molecule has 92 valence electrons. The van der Waals surface area contributed by atoms with Gasteiger partial charge in [0.1, 0.15) is 0 Å². The Balaban J connectivity index is 2.25. The maximum absolute atomic E-state index is 12.0. The molecule has 1 aromatic heterocycles. The predicted octanol–water partition coefficient (Wildman–Crippen LogP) is 2.88. The average Bonchev–Trinajstić information content (AvgIpc) is 2.31. The van der Waals surface area contributed by atoms with E-state index < -0.39 is 0 Å². The van der Waals surface area contributed by atoms with Crippen molar-refractivity contribution in [2.45, 2.75) is 6.92 Å². The zero-order valence-corrected chi connectivity index (χ0v) is 10.5. The number of nitrogen functional groups attached to an aromatic ring is 1. The lowest BCUT2D eigenvalue weighted by atomic mass is 10.1. The molecule has 4 nitrogen and oxygen atoms in total. The number of amides is 1. The molecular formula is C13H12ClN3O. The Morgan fingerprint density at radius 2 is 2.17 bits per heavy atom. The van der Waals surface area contributed by atoms with Crippen molar-refractivity contribution in [1.29, 1.82) is 0 Å². The third-order valence-corrected chi connectivity index (χ3v) is 2.67. The van der Waals surface area contributed by atoms with Crippen LogP contribution in [0.4, 0.5) is 11.4 Å².